The van der Waals surface area contributed by atoms with Gasteiger partial charge in [0.25, 0.3) is 0 Å². The van der Waals surface area contributed by atoms with Crippen LogP contribution in [0.25, 0.3) is 65.7 Å². The van der Waals surface area contributed by atoms with Gasteiger partial charge in [0.05, 0.1) is 11.4 Å². The standard InChI is InChI=1S/C63H44F2N2/c1-63(2)57-37-50-35-53(66(51-17-5-3-6-18-51)61-31-26-48(38-59(61)64)45-23-21-41-13-9-11-15-43(41)33-45)28-25-47(50)36-56(57)55-30-29-54(40-58(55)63)67(52-19-7-4-8-20-52)62-32-27-49(39-60(62)65)46-24-22-42-14-10-12-16-44(42)34-46/h3-40H,1-2H3. The molecule has 4 heteroatoms. The van der Waals surface area contributed by atoms with E-state index in [1.807, 2.05) is 119 Å². The molecule has 320 valence electrons. The van der Waals surface area contributed by atoms with Gasteiger partial charge < -0.3 is 9.80 Å². The van der Waals surface area contributed by atoms with Crippen LogP contribution in [0.15, 0.2) is 231 Å². The molecule has 0 unspecified atom stereocenters. The van der Waals surface area contributed by atoms with E-state index in [0.717, 1.165) is 82.9 Å². The van der Waals surface area contributed by atoms with Crippen molar-refractivity contribution < 1.29 is 8.78 Å². The molecule has 0 radical (unpaired) electrons. The number of anilines is 6. The minimum atomic E-state index is -0.379. The zero-order chi connectivity index (χ0) is 45.2. The van der Waals surface area contributed by atoms with E-state index in [0.29, 0.717) is 11.4 Å². The van der Waals surface area contributed by atoms with Gasteiger partial charge in [-0.3, -0.25) is 0 Å². The summed E-state index contributed by atoms with van der Waals surface area (Å²) in [5.74, 6) is -0.605. The van der Waals surface area contributed by atoms with E-state index in [1.54, 1.807) is 12.1 Å². The molecule has 1 aliphatic carbocycles. The summed E-state index contributed by atoms with van der Waals surface area (Å²) in [6, 6.07) is 77.6. The van der Waals surface area contributed by atoms with Gasteiger partial charge >= 0.3 is 0 Å². The number of halogens is 2. The summed E-state index contributed by atoms with van der Waals surface area (Å²) >= 11 is 0. The highest BCUT2D eigenvalue weighted by molar-refractivity contribution is 5.97. The van der Waals surface area contributed by atoms with Crippen molar-refractivity contribution in [2.24, 2.45) is 0 Å². The summed E-state index contributed by atoms with van der Waals surface area (Å²) in [5, 5.41) is 6.70. The fourth-order valence-corrected chi connectivity index (χ4v) is 10.2. The Morgan fingerprint density at radius 2 is 0.716 bits per heavy atom. The fourth-order valence-electron chi connectivity index (χ4n) is 10.2. The van der Waals surface area contributed by atoms with Gasteiger partial charge in [0.15, 0.2) is 0 Å². The van der Waals surface area contributed by atoms with Crippen molar-refractivity contribution in [2.75, 3.05) is 9.80 Å². The quantitative estimate of drug-likeness (QED) is 0.150. The predicted octanol–water partition coefficient (Wildman–Crippen LogP) is 18.0. The van der Waals surface area contributed by atoms with Crippen molar-refractivity contribution in [3.63, 3.8) is 0 Å². The first kappa shape index (κ1) is 40.2. The minimum absolute atomic E-state index is 0.301. The van der Waals surface area contributed by atoms with Gasteiger partial charge in [-0.15, -0.1) is 0 Å². The molecule has 1 aliphatic rings. The van der Waals surface area contributed by atoms with Gasteiger partial charge in [0.2, 0.25) is 0 Å². The summed E-state index contributed by atoms with van der Waals surface area (Å²) in [7, 11) is 0. The summed E-state index contributed by atoms with van der Waals surface area (Å²) < 4.78 is 33.3. The van der Waals surface area contributed by atoms with Crippen LogP contribution in [0, 0.1) is 11.6 Å². The maximum atomic E-state index is 16.7. The molecule has 11 aromatic rings. The van der Waals surface area contributed by atoms with E-state index in [4.69, 9.17) is 0 Å². The largest absolute Gasteiger partial charge is 0.308 e. The number of hydrogen-bond donors (Lipinski definition) is 0. The second-order valence-electron chi connectivity index (χ2n) is 18.1. The molecule has 2 nitrogen and oxygen atoms in total. The monoisotopic (exact) mass is 866 g/mol. The van der Waals surface area contributed by atoms with Gasteiger partial charge in [-0.25, -0.2) is 8.78 Å². The summed E-state index contributed by atoms with van der Waals surface area (Å²) in [4.78, 5) is 4.03. The highest BCUT2D eigenvalue weighted by Crippen LogP contribution is 2.52. The normalized spacial score (nSPS) is 12.6. The van der Waals surface area contributed by atoms with Crippen LogP contribution in [0.1, 0.15) is 25.0 Å². The van der Waals surface area contributed by atoms with Gasteiger partial charge in [-0.1, -0.05) is 147 Å². The van der Waals surface area contributed by atoms with Gasteiger partial charge in [-0.2, -0.15) is 0 Å². The topological polar surface area (TPSA) is 6.48 Å². The molecular weight excluding hydrogens is 823 g/mol. The molecule has 0 atom stereocenters. The molecule has 0 fully saturated rings. The first-order chi connectivity index (χ1) is 32.8. The molecule has 0 saturated heterocycles. The van der Waals surface area contributed by atoms with Crippen molar-refractivity contribution in [3.8, 4) is 33.4 Å². The van der Waals surface area contributed by atoms with E-state index in [9.17, 15) is 0 Å². The maximum Gasteiger partial charge on any atom is 0.147 e. The Kier molecular flexibility index (Phi) is 9.58. The van der Waals surface area contributed by atoms with Crippen LogP contribution in [0.5, 0.6) is 0 Å². The molecule has 0 aliphatic heterocycles. The average molecular weight is 867 g/mol. The van der Waals surface area contributed by atoms with Crippen molar-refractivity contribution in [1.29, 1.82) is 0 Å². The van der Waals surface area contributed by atoms with Gasteiger partial charge in [0, 0.05) is 28.2 Å². The van der Waals surface area contributed by atoms with Crippen molar-refractivity contribution in [2.45, 2.75) is 19.3 Å². The number of rotatable bonds is 8. The molecule has 0 spiro atoms. The Morgan fingerprint density at radius 1 is 0.299 bits per heavy atom. The summed E-state index contributed by atoms with van der Waals surface area (Å²) in [6.45, 7) is 4.54. The molecule has 67 heavy (non-hydrogen) atoms. The highest BCUT2D eigenvalue weighted by Gasteiger charge is 2.37. The molecule has 12 rings (SSSR count). The lowest BCUT2D eigenvalue weighted by Gasteiger charge is -2.28. The molecule has 11 aromatic carbocycles. The maximum absolute atomic E-state index is 16.7. The first-order valence-corrected chi connectivity index (χ1v) is 22.8. The van der Waals surface area contributed by atoms with E-state index in [2.05, 4.69) is 123 Å². The van der Waals surface area contributed by atoms with Crippen LogP contribution in [0.2, 0.25) is 0 Å². The van der Waals surface area contributed by atoms with Crippen molar-refractivity contribution in [1.82, 2.24) is 0 Å². The number of benzene rings is 11. The first-order valence-electron chi connectivity index (χ1n) is 22.8. The molecule has 0 heterocycles. The molecule has 0 saturated carbocycles. The second-order valence-corrected chi connectivity index (χ2v) is 18.1. The lowest BCUT2D eigenvalue weighted by atomic mass is 9.81. The molecule has 0 aromatic heterocycles. The summed E-state index contributed by atoms with van der Waals surface area (Å²) in [6.07, 6.45) is 0. The van der Waals surface area contributed by atoms with Crippen LogP contribution in [0.3, 0.4) is 0 Å². The van der Waals surface area contributed by atoms with E-state index >= 15 is 8.78 Å². The third-order valence-electron chi connectivity index (χ3n) is 13.7. The van der Waals surface area contributed by atoms with Crippen LogP contribution < -0.4 is 9.80 Å². The Morgan fingerprint density at radius 3 is 1.25 bits per heavy atom. The zero-order valence-corrected chi connectivity index (χ0v) is 37.1. The number of para-hydroxylation sites is 2. The highest BCUT2D eigenvalue weighted by atomic mass is 19.1. The number of fused-ring (bicyclic) bond motifs is 6. The average Bonchev–Trinajstić information content (AvgIpc) is 3.58. The number of hydrogen-bond acceptors (Lipinski definition) is 2. The van der Waals surface area contributed by atoms with Crippen molar-refractivity contribution in [3.05, 3.63) is 253 Å². The van der Waals surface area contributed by atoms with Crippen LogP contribution in [0.4, 0.5) is 42.9 Å². The lowest BCUT2D eigenvalue weighted by molar-refractivity contribution is 0.629. The van der Waals surface area contributed by atoms with Crippen LogP contribution >= 0.6 is 0 Å². The minimum Gasteiger partial charge on any atom is -0.308 e. The third-order valence-corrected chi connectivity index (χ3v) is 13.7. The van der Waals surface area contributed by atoms with E-state index in [-0.39, 0.29) is 17.0 Å². The Hall–Kier alpha value is -8.34. The van der Waals surface area contributed by atoms with Crippen LogP contribution in [-0.4, -0.2) is 0 Å². The smallest absolute Gasteiger partial charge is 0.147 e. The Labute approximate surface area is 389 Å². The molecule has 0 amide bonds. The number of nitrogens with zero attached hydrogens (tertiary/aromatic N) is 2. The van der Waals surface area contributed by atoms with E-state index in [1.165, 1.54) is 16.7 Å². The molecule has 0 bridgehead atoms. The third kappa shape index (κ3) is 7.01. The van der Waals surface area contributed by atoms with Gasteiger partial charge in [-0.05, 0) is 174 Å². The van der Waals surface area contributed by atoms with Gasteiger partial charge in [0.1, 0.15) is 11.6 Å². The zero-order valence-electron chi connectivity index (χ0n) is 37.1. The molecular formula is C63H44F2N2. The Balaban J connectivity index is 0.909. The predicted molar refractivity (Wildman–Crippen MR) is 277 cm³/mol. The lowest BCUT2D eigenvalue weighted by Crippen LogP contribution is -2.17. The van der Waals surface area contributed by atoms with E-state index < -0.39 is 0 Å². The Bertz CT molecular complexity index is 3710. The summed E-state index contributed by atoms with van der Waals surface area (Å²) in [5.41, 5.74) is 12.4. The second kappa shape index (κ2) is 16.0. The fraction of sp³-hybridized carbons (Fsp3) is 0.0476. The molecule has 0 N–H and O–H groups in total. The SMILES string of the molecule is CC1(C)c2cc(N(c3ccccc3)c3ccc(-c4ccc5ccccc5c4)cc3F)ccc2-c2cc3ccc(N(c4ccccc4)c4ccc(-c5ccc6ccccc6c5)cc4F)cc3cc21. The van der Waals surface area contributed by atoms with Crippen molar-refractivity contribution >= 4 is 66.4 Å². The van der Waals surface area contributed by atoms with Crippen LogP contribution in [-0.2, 0) is 5.41 Å².